The monoisotopic (exact) mass is 384 g/mol. The van der Waals surface area contributed by atoms with Crippen molar-refractivity contribution in [3.05, 3.63) is 35.2 Å². The van der Waals surface area contributed by atoms with Gasteiger partial charge >= 0.3 is 0 Å². The Morgan fingerprint density at radius 3 is 2.44 bits per heavy atom. The number of nitrogens with one attached hydrogen (secondary N) is 1. The van der Waals surface area contributed by atoms with E-state index < -0.39 is 10.0 Å². The second-order valence-corrected chi connectivity index (χ2v) is 7.72. The van der Waals surface area contributed by atoms with Gasteiger partial charge in [-0.1, -0.05) is 13.0 Å². The minimum absolute atomic E-state index is 0.197. The SMILES string of the molecule is CCCOc1c(OC)cc(/C=N/NS(=O)(=O)c2cccs2)cc1OC. The molecule has 1 aromatic carbocycles. The van der Waals surface area contributed by atoms with Gasteiger partial charge in [-0.15, -0.1) is 11.3 Å². The molecule has 0 fully saturated rings. The number of nitrogens with zero attached hydrogens (tertiary/aromatic N) is 1. The van der Waals surface area contributed by atoms with Crippen LogP contribution in [0.4, 0.5) is 0 Å². The van der Waals surface area contributed by atoms with Crippen molar-refractivity contribution in [1.29, 1.82) is 0 Å². The lowest BCUT2D eigenvalue weighted by atomic mass is 10.2. The minimum Gasteiger partial charge on any atom is -0.493 e. The average Bonchev–Trinajstić information content (AvgIpc) is 3.15. The summed E-state index contributed by atoms with van der Waals surface area (Å²) in [5.74, 6) is 1.47. The summed E-state index contributed by atoms with van der Waals surface area (Å²) in [6.45, 7) is 2.53. The van der Waals surface area contributed by atoms with Crippen LogP contribution in [0, 0.1) is 0 Å². The largest absolute Gasteiger partial charge is 0.493 e. The molecule has 2 aromatic rings. The number of rotatable bonds is 9. The normalized spacial score (nSPS) is 11.5. The van der Waals surface area contributed by atoms with Crippen LogP contribution in [0.15, 0.2) is 39.0 Å². The molecule has 1 heterocycles. The molecule has 0 saturated heterocycles. The molecule has 0 amide bonds. The van der Waals surface area contributed by atoms with Crippen molar-refractivity contribution in [3.63, 3.8) is 0 Å². The molecule has 1 aromatic heterocycles. The lowest BCUT2D eigenvalue weighted by Crippen LogP contribution is -2.17. The van der Waals surface area contributed by atoms with Gasteiger partial charge in [-0.05, 0) is 30.0 Å². The molecule has 0 aliphatic rings. The number of hydrogen-bond acceptors (Lipinski definition) is 7. The Morgan fingerprint density at radius 2 is 1.92 bits per heavy atom. The highest BCUT2D eigenvalue weighted by Gasteiger charge is 2.15. The molecule has 0 aliphatic carbocycles. The van der Waals surface area contributed by atoms with Gasteiger partial charge in [0.2, 0.25) is 5.75 Å². The third kappa shape index (κ3) is 4.86. The van der Waals surface area contributed by atoms with E-state index in [0.717, 1.165) is 17.8 Å². The Labute approximate surface area is 151 Å². The van der Waals surface area contributed by atoms with E-state index in [2.05, 4.69) is 9.93 Å². The number of benzene rings is 1. The Bertz CT molecular complexity index is 792. The summed E-state index contributed by atoms with van der Waals surface area (Å²) < 4.78 is 40.5. The number of hydrazone groups is 1. The Kier molecular flexibility index (Phi) is 6.65. The first kappa shape index (κ1) is 19.1. The van der Waals surface area contributed by atoms with Crippen LogP contribution in [-0.4, -0.2) is 35.5 Å². The van der Waals surface area contributed by atoms with Crippen molar-refractivity contribution < 1.29 is 22.6 Å². The van der Waals surface area contributed by atoms with Crippen LogP contribution in [0.25, 0.3) is 0 Å². The van der Waals surface area contributed by atoms with Crippen molar-refractivity contribution in [2.24, 2.45) is 5.10 Å². The van der Waals surface area contributed by atoms with Gasteiger partial charge in [0.1, 0.15) is 4.21 Å². The highest BCUT2D eigenvalue weighted by atomic mass is 32.2. The summed E-state index contributed by atoms with van der Waals surface area (Å²) in [6, 6.07) is 6.55. The summed E-state index contributed by atoms with van der Waals surface area (Å²) in [5, 5.41) is 5.49. The van der Waals surface area contributed by atoms with Crippen molar-refractivity contribution >= 4 is 27.6 Å². The van der Waals surface area contributed by atoms with Crippen LogP contribution in [0.1, 0.15) is 18.9 Å². The molecular formula is C16H20N2O5S2. The Hall–Kier alpha value is -2.26. The molecule has 0 spiro atoms. The molecule has 0 bridgehead atoms. The molecule has 0 radical (unpaired) electrons. The molecule has 7 nitrogen and oxygen atoms in total. The molecule has 1 N–H and O–H groups in total. The van der Waals surface area contributed by atoms with Crippen LogP contribution >= 0.6 is 11.3 Å². The van der Waals surface area contributed by atoms with Gasteiger partial charge in [0.25, 0.3) is 10.0 Å². The zero-order chi connectivity index (χ0) is 18.3. The predicted octanol–water partition coefficient (Wildman–Crippen LogP) is 2.87. The minimum atomic E-state index is -3.66. The fourth-order valence-corrected chi connectivity index (χ4v) is 3.73. The van der Waals surface area contributed by atoms with E-state index in [1.807, 2.05) is 6.92 Å². The van der Waals surface area contributed by atoms with E-state index in [0.29, 0.717) is 29.4 Å². The topological polar surface area (TPSA) is 86.2 Å². The first-order valence-corrected chi connectivity index (χ1v) is 9.85. The van der Waals surface area contributed by atoms with Crippen LogP contribution in [-0.2, 0) is 10.0 Å². The van der Waals surface area contributed by atoms with E-state index >= 15 is 0 Å². The molecule has 2 rings (SSSR count). The summed E-state index contributed by atoms with van der Waals surface area (Å²) in [5.41, 5.74) is 0.603. The standard InChI is InChI=1S/C16H20N2O5S2/c1-4-7-23-16-13(21-2)9-12(10-14(16)22-3)11-17-18-25(19,20)15-6-5-8-24-15/h5-6,8-11,18H,4,7H2,1-3H3/b17-11+. The number of sulfonamides is 1. The fourth-order valence-electron chi connectivity index (χ4n) is 1.95. The second kappa shape index (κ2) is 8.72. The summed E-state index contributed by atoms with van der Waals surface area (Å²) in [4.78, 5) is 2.17. The second-order valence-electron chi connectivity index (χ2n) is 4.89. The summed E-state index contributed by atoms with van der Waals surface area (Å²) in [7, 11) is -0.612. The van der Waals surface area contributed by atoms with E-state index in [9.17, 15) is 8.42 Å². The van der Waals surface area contributed by atoms with E-state index in [1.165, 1.54) is 26.5 Å². The summed E-state index contributed by atoms with van der Waals surface area (Å²) in [6.07, 6.45) is 2.22. The van der Waals surface area contributed by atoms with Gasteiger partial charge in [0.15, 0.2) is 11.5 Å². The number of methoxy groups -OCH3 is 2. The molecule has 9 heteroatoms. The molecule has 0 aliphatic heterocycles. The molecular weight excluding hydrogens is 364 g/mol. The zero-order valence-corrected chi connectivity index (χ0v) is 15.8. The Balaban J connectivity index is 2.22. The van der Waals surface area contributed by atoms with Crippen molar-refractivity contribution in [1.82, 2.24) is 4.83 Å². The van der Waals surface area contributed by atoms with Crippen LogP contribution < -0.4 is 19.0 Å². The van der Waals surface area contributed by atoms with E-state index in [4.69, 9.17) is 14.2 Å². The van der Waals surface area contributed by atoms with Gasteiger partial charge in [0.05, 0.1) is 27.0 Å². The highest BCUT2D eigenvalue weighted by molar-refractivity contribution is 7.91. The predicted molar refractivity (Wildman–Crippen MR) is 97.6 cm³/mol. The average molecular weight is 384 g/mol. The lowest BCUT2D eigenvalue weighted by molar-refractivity contribution is 0.275. The third-order valence-corrected chi connectivity index (χ3v) is 5.70. The Morgan fingerprint density at radius 1 is 1.24 bits per heavy atom. The smallest absolute Gasteiger partial charge is 0.286 e. The van der Waals surface area contributed by atoms with Crippen molar-refractivity contribution in [2.75, 3.05) is 20.8 Å². The van der Waals surface area contributed by atoms with E-state index in [-0.39, 0.29) is 4.21 Å². The number of hydrogen-bond donors (Lipinski definition) is 1. The highest BCUT2D eigenvalue weighted by Crippen LogP contribution is 2.38. The molecule has 0 atom stereocenters. The molecule has 25 heavy (non-hydrogen) atoms. The maximum atomic E-state index is 12.0. The van der Waals surface area contributed by atoms with Crippen molar-refractivity contribution in [2.45, 2.75) is 17.6 Å². The number of thiophene rings is 1. The first-order valence-electron chi connectivity index (χ1n) is 7.49. The van der Waals surface area contributed by atoms with Crippen molar-refractivity contribution in [3.8, 4) is 17.2 Å². The summed E-state index contributed by atoms with van der Waals surface area (Å²) >= 11 is 1.12. The quantitative estimate of drug-likeness (QED) is 0.531. The zero-order valence-electron chi connectivity index (χ0n) is 14.2. The van der Waals surface area contributed by atoms with Gasteiger partial charge < -0.3 is 14.2 Å². The third-order valence-electron chi connectivity index (χ3n) is 3.08. The van der Waals surface area contributed by atoms with Crippen LogP contribution in [0.5, 0.6) is 17.2 Å². The maximum absolute atomic E-state index is 12.0. The van der Waals surface area contributed by atoms with Gasteiger partial charge in [-0.25, -0.2) is 0 Å². The van der Waals surface area contributed by atoms with Gasteiger partial charge in [-0.3, -0.25) is 0 Å². The lowest BCUT2D eigenvalue weighted by Gasteiger charge is -2.14. The maximum Gasteiger partial charge on any atom is 0.286 e. The molecule has 136 valence electrons. The van der Waals surface area contributed by atoms with Gasteiger partial charge in [-0.2, -0.15) is 18.4 Å². The fraction of sp³-hybridized carbons (Fsp3) is 0.312. The van der Waals surface area contributed by atoms with Crippen LogP contribution in [0.3, 0.4) is 0 Å². The first-order chi connectivity index (χ1) is 12.0. The number of ether oxygens (including phenoxy) is 3. The van der Waals surface area contributed by atoms with E-state index in [1.54, 1.807) is 23.6 Å². The molecule has 0 saturated carbocycles. The molecule has 0 unspecified atom stereocenters. The van der Waals surface area contributed by atoms with Gasteiger partial charge in [0, 0.05) is 5.56 Å². The van der Waals surface area contributed by atoms with Crippen LogP contribution in [0.2, 0.25) is 0 Å².